The molecule has 0 amide bonds. The normalized spacial score (nSPS) is 11.5. The van der Waals surface area contributed by atoms with Crippen LogP contribution in [0.25, 0.3) is 99.1 Å². The maximum atomic E-state index is 10.0. The van der Waals surface area contributed by atoms with Crippen molar-refractivity contribution in [3.8, 4) is 89.8 Å². The van der Waals surface area contributed by atoms with Crippen molar-refractivity contribution < 1.29 is 20.4 Å². The highest BCUT2D eigenvalue weighted by Gasteiger charge is 2.17. The van der Waals surface area contributed by atoms with Crippen molar-refractivity contribution in [2.75, 3.05) is 0 Å². The summed E-state index contributed by atoms with van der Waals surface area (Å²) >= 11 is 0. The smallest absolute Gasteiger partial charge is 0.115 e. The molecule has 10 aromatic rings. The minimum Gasteiger partial charge on any atom is -0.508 e. The lowest BCUT2D eigenvalue weighted by Crippen LogP contribution is -1.91. The quantitative estimate of drug-likeness (QED) is 0.129. The molecule has 0 fully saturated rings. The second-order valence-corrected chi connectivity index (χ2v) is 14.4. The lowest BCUT2D eigenvalue weighted by Gasteiger charge is -2.18. The van der Waals surface area contributed by atoms with Gasteiger partial charge in [-0.1, -0.05) is 97.1 Å². The molecule has 0 saturated heterocycles. The summed E-state index contributed by atoms with van der Waals surface area (Å²) in [4.78, 5) is 0. The van der Waals surface area contributed by atoms with Crippen LogP contribution in [0.3, 0.4) is 0 Å². The molecule has 0 heterocycles. The van der Waals surface area contributed by atoms with Gasteiger partial charge in [-0.2, -0.15) is 0 Å². The molecule has 4 N–H and O–H groups in total. The van der Waals surface area contributed by atoms with Crippen LogP contribution in [-0.2, 0) is 0 Å². The molecule has 0 saturated carbocycles. The van der Waals surface area contributed by atoms with E-state index < -0.39 is 0 Å². The fourth-order valence-electron chi connectivity index (χ4n) is 8.15. The van der Waals surface area contributed by atoms with Crippen molar-refractivity contribution in [3.63, 3.8) is 0 Å². The summed E-state index contributed by atoms with van der Waals surface area (Å²) in [7, 11) is 0. The van der Waals surface area contributed by atoms with Crippen molar-refractivity contribution in [1.82, 2.24) is 0 Å². The summed E-state index contributed by atoms with van der Waals surface area (Å²) in [6.07, 6.45) is 0. The van der Waals surface area contributed by atoms with E-state index in [-0.39, 0.29) is 23.0 Å². The third-order valence-corrected chi connectivity index (χ3v) is 11.0. The van der Waals surface area contributed by atoms with E-state index in [1.807, 2.05) is 48.5 Å². The Balaban J connectivity index is 1.19. The molecular weight excluding hydrogens is 689 g/mol. The molecule has 10 rings (SSSR count). The van der Waals surface area contributed by atoms with Crippen LogP contribution in [-0.4, -0.2) is 20.4 Å². The van der Waals surface area contributed by atoms with E-state index in [9.17, 15) is 20.4 Å². The first-order valence-electron chi connectivity index (χ1n) is 18.5. The number of phenolic OH excluding ortho intramolecular Hbond substituents is 4. The second-order valence-electron chi connectivity index (χ2n) is 14.4. The van der Waals surface area contributed by atoms with E-state index in [1.165, 1.54) is 10.8 Å². The predicted octanol–water partition coefficient (Wildman–Crippen LogP) is 13.4. The number of hydrogen-bond acceptors (Lipinski definition) is 4. The molecule has 0 bridgehead atoms. The van der Waals surface area contributed by atoms with Gasteiger partial charge in [0.05, 0.1) is 0 Å². The Morgan fingerprint density at radius 3 is 0.750 bits per heavy atom. The van der Waals surface area contributed by atoms with Crippen molar-refractivity contribution in [2.24, 2.45) is 0 Å². The zero-order valence-corrected chi connectivity index (χ0v) is 30.1. The van der Waals surface area contributed by atoms with Crippen molar-refractivity contribution in [2.45, 2.75) is 0 Å². The van der Waals surface area contributed by atoms with E-state index in [1.54, 1.807) is 48.5 Å². The van der Waals surface area contributed by atoms with Gasteiger partial charge >= 0.3 is 0 Å². The average Bonchev–Trinajstić information content (AvgIpc) is 3.23. The Labute approximate surface area is 323 Å². The topological polar surface area (TPSA) is 80.9 Å². The Morgan fingerprint density at radius 1 is 0.214 bits per heavy atom. The van der Waals surface area contributed by atoms with Crippen LogP contribution in [0, 0.1) is 0 Å². The van der Waals surface area contributed by atoms with E-state index in [4.69, 9.17) is 0 Å². The second kappa shape index (κ2) is 13.1. The van der Waals surface area contributed by atoms with Gasteiger partial charge in [0.2, 0.25) is 0 Å². The fourth-order valence-corrected chi connectivity index (χ4v) is 8.15. The first-order chi connectivity index (χ1) is 27.3. The van der Waals surface area contributed by atoms with Crippen molar-refractivity contribution in [3.05, 3.63) is 182 Å². The summed E-state index contributed by atoms with van der Waals surface area (Å²) in [5.74, 6) is 0.883. The van der Waals surface area contributed by atoms with E-state index >= 15 is 0 Å². The first kappa shape index (κ1) is 33.0. The van der Waals surface area contributed by atoms with Gasteiger partial charge in [0.1, 0.15) is 23.0 Å². The van der Waals surface area contributed by atoms with Gasteiger partial charge < -0.3 is 20.4 Å². The summed E-state index contributed by atoms with van der Waals surface area (Å²) in [6.45, 7) is 0. The number of aromatic hydroxyl groups is 4. The Bertz CT molecular complexity index is 2730. The molecule has 0 aromatic heterocycles. The predicted molar refractivity (Wildman–Crippen MR) is 229 cm³/mol. The monoisotopic (exact) mass is 722 g/mol. The summed E-state index contributed by atoms with van der Waals surface area (Å²) in [5, 5.41) is 47.2. The van der Waals surface area contributed by atoms with Crippen LogP contribution in [0.15, 0.2) is 182 Å². The molecular formula is C52H34O4. The zero-order chi connectivity index (χ0) is 37.9. The SMILES string of the molecule is Oc1ccc(-c2cc(-c3ccc(O)cc3)cc(-c3ccc4ccc5c(-c6cc(-c7ccc(O)cc7)cc(-c7ccc(O)cc7)c6)ccc6ccc3c4c65)c2)cc1. The number of phenols is 4. The number of rotatable bonds is 6. The van der Waals surface area contributed by atoms with Gasteiger partial charge in [0.15, 0.2) is 0 Å². The molecule has 0 aliphatic carbocycles. The molecule has 0 atom stereocenters. The molecule has 56 heavy (non-hydrogen) atoms. The Morgan fingerprint density at radius 2 is 0.464 bits per heavy atom. The summed E-state index contributed by atoms with van der Waals surface area (Å²) < 4.78 is 0. The van der Waals surface area contributed by atoms with E-state index in [0.717, 1.165) is 88.3 Å². The van der Waals surface area contributed by atoms with Gasteiger partial charge in [-0.05, 0) is 184 Å². The fraction of sp³-hybridized carbons (Fsp3) is 0. The maximum absolute atomic E-state index is 10.0. The molecule has 0 spiro atoms. The lowest BCUT2D eigenvalue weighted by atomic mass is 9.85. The molecule has 0 aliphatic heterocycles. The lowest BCUT2D eigenvalue weighted by molar-refractivity contribution is 0.475. The van der Waals surface area contributed by atoms with Gasteiger partial charge in [0.25, 0.3) is 0 Å². The third kappa shape index (κ3) is 5.81. The summed E-state index contributed by atoms with van der Waals surface area (Å²) in [6, 6.07) is 60.1. The van der Waals surface area contributed by atoms with Gasteiger partial charge in [-0.25, -0.2) is 0 Å². The van der Waals surface area contributed by atoms with Crippen LogP contribution in [0.4, 0.5) is 0 Å². The van der Waals surface area contributed by atoms with Crippen LogP contribution in [0.1, 0.15) is 0 Å². The largest absolute Gasteiger partial charge is 0.508 e. The number of hydrogen-bond donors (Lipinski definition) is 4. The van der Waals surface area contributed by atoms with Gasteiger partial charge in [-0.15, -0.1) is 0 Å². The Hall–Kier alpha value is -7.56. The highest BCUT2D eigenvalue weighted by molar-refractivity contribution is 6.27. The molecule has 266 valence electrons. The molecule has 0 radical (unpaired) electrons. The number of benzene rings is 10. The van der Waals surface area contributed by atoms with Crippen LogP contribution < -0.4 is 0 Å². The van der Waals surface area contributed by atoms with Crippen LogP contribution in [0.5, 0.6) is 23.0 Å². The molecule has 0 unspecified atom stereocenters. The van der Waals surface area contributed by atoms with Crippen LogP contribution in [0.2, 0.25) is 0 Å². The molecule has 10 aromatic carbocycles. The van der Waals surface area contributed by atoms with Crippen molar-refractivity contribution in [1.29, 1.82) is 0 Å². The third-order valence-electron chi connectivity index (χ3n) is 11.0. The van der Waals surface area contributed by atoms with E-state index in [2.05, 4.69) is 84.9 Å². The highest BCUT2D eigenvalue weighted by atomic mass is 16.3. The highest BCUT2D eigenvalue weighted by Crippen LogP contribution is 2.45. The Kier molecular flexibility index (Phi) is 7.72. The minimum absolute atomic E-state index is 0.221. The van der Waals surface area contributed by atoms with Crippen LogP contribution >= 0.6 is 0 Å². The molecule has 4 nitrogen and oxygen atoms in total. The first-order valence-corrected chi connectivity index (χ1v) is 18.5. The van der Waals surface area contributed by atoms with Gasteiger partial charge in [0, 0.05) is 0 Å². The van der Waals surface area contributed by atoms with Gasteiger partial charge in [-0.3, -0.25) is 0 Å². The molecule has 0 aliphatic rings. The zero-order valence-electron chi connectivity index (χ0n) is 30.1. The maximum Gasteiger partial charge on any atom is 0.115 e. The summed E-state index contributed by atoms with van der Waals surface area (Å²) in [5.41, 5.74) is 12.4. The molecule has 4 heteroatoms. The average molecular weight is 723 g/mol. The standard InChI is InChI=1S/C52H34O4/c53-43-13-1-31(2-14-43)37-25-38(32-3-15-44(54)16-4-32)28-41(27-37)47-21-9-35-12-24-50-48(22-10-36-11-23-49(47)51(35)52(36)50)42-29-39(33-5-17-45(55)18-6-33)26-40(30-42)34-7-19-46(56)20-8-34/h1-30,53-56H. The van der Waals surface area contributed by atoms with E-state index in [0.29, 0.717) is 0 Å². The minimum atomic E-state index is 0.221. The van der Waals surface area contributed by atoms with Crippen molar-refractivity contribution >= 4 is 32.3 Å².